The molecule has 0 fully saturated rings. The van der Waals surface area contributed by atoms with E-state index in [0.717, 1.165) is 11.0 Å². The molecule has 0 unspecified atom stereocenters. The summed E-state index contributed by atoms with van der Waals surface area (Å²) in [5, 5.41) is 12.1. The Balaban J connectivity index is 2.04. The van der Waals surface area contributed by atoms with Gasteiger partial charge in [0.25, 0.3) is 0 Å². The molecule has 1 amide bonds. The number of nitriles is 1. The Labute approximate surface area is 119 Å². The fourth-order valence-corrected chi connectivity index (χ4v) is 2.77. The number of hydrogen-bond donors (Lipinski definition) is 1. The van der Waals surface area contributed by atoms with Gasteiger partial charge in [0.2, 0.25) is 11.9 Å². The summed E-state index contributed by atoms with van der Waals surface area (Å²) in [5.74, 6) is -0.210. The van der Waals surface area contributed by atoms with Gasteiger partial charge in [0.05, 0.1) is 23.4 Å². The number of rotatable bonds is 1. The SMILES string of the molecule is N#C[C@H]1C(=O)Nc2nc3ccccc3n2[C@H]1c1ccco1. The van der Waals surface area contributed by atoms with Crippen LogP contribution in [0.25, 0.3) is 11.0 Å². The fraction of sp³-hybridized carbons (Fsp3) is 0.133. The molecule has 102 valence electrons. The molecule has 2 aromatic heterocycles. The molecule has 0 saturated heterocycles. The number of amides is 1. The van der Waals surface area contributed by atoms with Crippen molar-refractivity contribution in [3.05, 3.63) is 48.4 Å². The number of aromatic nitrogens is 2. The number of anilines is 1. The molecule has 0 saturated carbocycles. The van der Waals surface area contributed by atoms with Crippen molar-refractivity contribution >= 4 is 22.9 Å². The number of imidazole rings is 1. The van der Waals surface area contributed by atoms with E-state index in [1.165, 1.54) is 6.26 Å². The zero-order valence-electron chi connectivity index (χ0n) is 10.9. The van der Waals surface area contributed by atoms with Gasteiger partial charge >= 0.3 is 0 Å². The summed E-state index contributed by atoms with van der Waals surface area (Å²) >= 11 is 0. The number of hydrogen-bond acceptors (Lipinski definition) is 4. The van der Waals surface area contributed by atoms with Crippen molar-refractivity contribution in [2.45, 2.75) is 6.04 Å². The van der Waals surface area contributed by atoms with Crippen LogP contribution in [0.3, 0.4) is 0 Å². The van der Waals surface area contributed by atoms with E-state index < -0.39 is 12.0 Å². The molecular weight excluding hydrogens is 268 g/mol. The molecule has 2 atom stereocenters. The van der Waals surface area contributed by atoms with Crippen molar-refractivity contribution in [1.29, 1.82) is 5.26 Å². The number of nitrogens with one attached hydrogen (secondary N) is 1. The highest BCUT2D eigenvalue weighted by Gasteiger charge is 2.40. The molecule has 6 nitrogen and oxygen atoms in total. The minimum absolute atomic E-state index is 0.360. The molecule has 6 heteroatoms. The van der Waals surface area contributed by atoms with Gasteiger partial charge in [-0.05, 0) is 24.3 Å². The van der Waals surface area contributed by atoms with Gasteiger partial charge in [-0.2, -0.15) is 5.26 Å². The molecular formula is C15H10N4O2. The van der Waals surface area contributed by atoms with Crippen LogP contribution in [0.15, 0.2) is 47.1 Å². The largest absolute Gasteiger partial charge is 0.467 e. The van der Waals surface area contributed by atoms with E-state index in [1.807, 2.05) is 28.8 Å². The van der Waals surface area contributed by atoms with Gasteiger partial charge in [0.15, 0.2) is 5.92 Å². The van der Waals surface area contributed by atoms with Crippen molar-refractivity contribution in [2.75, 3.05) is 5.32 Å². The molecule has 0 bridgehead atoms. The fourth-order valence-electron chi connectivity index (χ4n) is 2.77. The summed E-state index contributed by atoms with van der Waals surface area (Å²) in [6.07, 6.45) is 1.54. The lowest BCUT2D eigenvalue weighted by Crippen LogP contribution is -2.37. The highest BCUT2D eigenvalue weighted by atomic mass is 16.3. The van der Waals surface area contributed by atoms with Gasteiger partial charge < -0.3 is 4.42 Å². The molecule has 0 aliphatic carbocycles. The monoisotopic (exact) mass is 278 g/mol. The predicted octanol–water partition coefficient (Wildman–Crippen LogP) is 2.31. The predicted molar refractivity (Wildman–Crippen MR) is 74.3 cm³/mol. The molecule has 1 N–H and O–H groups in total. The number of benzene rings is 1. The quantitative estimate of drug-likeness (QED) is 0.740. The minimum Gasteiger partial charge on any atom is -0.467 e. The van der Waals surface area contributed by atoms with Crippen LogP contribution in [-0.4, -0.2) is 15.5 Å². The highest BCUT2D eigenvalue weighted by molar-refractivity contribution is 5.97. The average molecular weight is 278 g/mol. The topological polar surface area (TPSA) is 83.9 Å². The minimum atomic E-state index is -0.860. The average Bonchev–Trinajstić information content (AvgIpc) is 3.13. The van der Waals surface area contributed by atoms with Crippen molar-refractivity contribution in [1.82, 2.24) is 9.55 Å². The summed E-state index contributed by atoms with van der Waals surface area (Å²) in [7, 11) is 0. The zero-order valence-corrected chi connectivity index (χ0v) is 10.9. The van der Waals surface area contributed by atoms with Crippen LogP contribution in [-0.2, 0) is 4.79 Å². The first-order chi connectivity index (χ1) is 10.3. The maximum Gasteiger partial charge on any atom is 0.246 e. The van der Waals surface area contributed by atoms with Gasteiger partial charge in [-0.25, -0.2) is 4.98 Å². The van der Waals surface area contributed by atoms with Gasteiger partial charge in [-0.3, -0.25) is 14.7 Å². The molecule has 0 radical (unpaired) electrons. The maximum atomic E-state index is 12.1. The summed E-state index contributed by atoms with van der Waals surface area (Å²) in [6.45, 7) is 0. The molecule has 1 aliphatic rings. The number of carbonyl (C=O) groups is 1. The standard InChI is InChI=1S/C15H10N4O2/c16-8-9-13(12-6-3-7-21-12)19-11-5-2-1-4-10(11)17-15(19)18-14(9)20/h1-7,9,13H,(H,17,18,20)/t9-,13-/m1/s1. The molecule has 3 heterocycles. The number of furan rings is 1. The third-order valence-electron chi connectivity index (χ3n) is 3.68. The Hall–Kier alpha value is -3.07. The van der Waals surface area contributed by atoms with Gasteiger partial charge in [0, 0.05) is 0 Å². The van der Waals surface area contributed by atoms with E-state index in [4.69, 9.17) is 4.42 Å². The first kappa shape index (κ1) is 11.7. The van der Waals surface area contributed by atoms with Crippen molar-refractivity contribution in [3.8, 4) is 6.07 Å². The van der Waals surface area contributed by atoms with E-state index in [-0.39, 0.29) is 5.91 Å². The Kier molecular flexibility index (Phi) is 2.35. The van der Waals surface area contributed by atoms with Gasteiger partial charge in [0.1, 0.15) is 11.8 Å². The van der Waals surface area contributed by atoms with Gasteiger partial charge in [-0.1, -0.05) is 12.1 Å². The normalized spacial score (nSPS) is 20.8. The van der Waals surface area contributed by atoms with Crippen LogP contribution in [0.5, 0.6) is 0 Å². The number of nitrogens with zero attached hydrogens (tertiary/aromatic N) is 3. The smallest absolute Gasteiger partial charge is 0.246 e. The molecule has 3 aromatic rings. The summed E-state index contributed by atoms with van der Waals surface area (Å²) in [6, 6.07) is 12.6. The van der Waals surface area contributed by atoms with Crippen molar-refractivity contribution in [3.63, 3.8) is 0 Å². The molecule has 1 aliphatic heterocycles. The van der Waals surface area contributed by atoms with Crippen LogP contribution in [0.2, 0.25) is 0 Å². The molecule has 1 aromatic carbocycles. The molecule has 21 heavy (non-hydrogen) atoms. The number of para-hydroxylation sites is 2. The van der Waals surface area contributed by atoms with E-state index in [9.17, 15) is 10.1 Å². The Bertz CT molecular complexity index is 873. The van der Waals surface area contributed by atoms with E-state index in [2.05, 4.69) is 16.4 Å². The lowest BCUT2D eigenvalue weighted by Gasteiger charge is -2.27. The molecule has 0 spiro atoms. The van der Waals surface area contributed by atoms with Crippen molar-refractivity contribution < 1.29 is 9.21 Å². The third-order valence-corrected chi connectivity index (χ3v) is 3.68. The van der Waals surface area contributed by atoms with Crippen LogP contribution in [0.1, 0.15) is 11.8 Å². The van der Waals surface area contributed by atoms with Crippen molar-refractivity contribution in [2.24, 2.45) is 5.92 Å². The second-order valence-corrected chi connectivity index (χ2v) is 4.85. The van der Waals surface area contributed by atoms with Crippen LogP contribution < -0.4 is 5.32 Å². The summed E-state index contributed by atoms with van der Waals surface area (Å²) < 4.78 is 7.30. The van der Waals surface area contributed by atoms with E-state index in [1.54, 1.807) is 12.1 Å². The lowest BCUT2D eigenvalue weighted by molar-refractivity contribution is -0.119. The van der Waals surface area contributed by atoms with Crippen LogP contribution >= 0.6 is 0 Å². The van der Waals surface area contributed by atoms with E-state index in [0.29, 0.717) is 11.7 Å². The first-order valence-corrected chi connectivity index (χ1v) is 6.50. The van der Waals surface area contributed by atoms with E-state index >= 15 is 0 Å². The highest BCUT2D eigenvalue weighted by Crippen LogP contribution is 2.37. The summed E-state index contributed by atoms with van der Waals surface area (Å²) in [4.78, 5) is 16.6. The maximum absolute atomic E-state index is 12.1. The van der Waals surface area contributed by atoms with Crippen LogP contribution in [0, 0.1) is 17.2 Å². The lowest BCUT2D eigenvalue weighted by atomic mass is 9.96. The zero-order chi connectivity index (χ0) is 14.4. The Morgan fingerprint density at radius 3 is 2.90 bits per heavy atom. The van der Waals surface area contributed by atoms with Gasteiger partial charge in [-0.15, -0.1) is 0 Å². The summed E-state index contributed by atoms with van der Waals surface area (Å²) in [5.41, 5.74) is 1.62. The second-order valence-electron chi connectivity index (χ2n) is 4.85. The second kappa shape index (κ2) is 4.21. The first-order valence-electron chi connectivity index (χ1n) is 6.50. The Morgan fingerprint density at radius 2 is 2.14 bits per heavy atom. The Morgan fingerprint density at radius 1 is 1.29 bits per heavy atom. The van der Waals surface area contributed by atoms with Crippen LogP contribution in [0.4, 0.5) is 5.95 Å². The third kappa shape index (κ3) is 1.58. The number of carbonyl (C=O) groups excluding carboxylic acids is 1. The number of fused-ring (bicyclic) bond motifs is 3. The molecule has 4 rings (SSSR count).